The molecule has 30 heavy (non-hydrogen) atoms. The van der Waals surface area contributed by atoms with Crippen molar-refractivity contribution in [2.45, 2.75) is 26.2 Å². The Hall–Kier alpha value is -3.27. The van der Waals surface area contributed by atoms with Gasteiger partial charge in [-0.15, -0.1) is 0 Å². The molecule has 4 rings (SSSR count). The number of hydrogen-bond donors (Lipinski definition) is 1. The van der Waals surface area contributed by atoms with Gasteiger partial charge in [0, 0.05) is 25.5 Å². The number of allylic oxidation sites excluding steroid dienone is 5. The van der Waals surface area contributed by atoms with Gasteiger partial charge in [0.05, 0.1) is 28.8 Å². The van der Waals surface area contributed by atoms with Crippen molar-refractivity contribution in [1.82, 2.24) is 9.78 Å². The molecule has 1 fully saturated rings. The summed E-state index contributed by atoms with van der Waals surface area (Å²) in [6.45, 7) is 8.21. The van der Waals surface area contributed by atoms with Crippen LogP contribution in [0.1, 0.15) is 26.2 Å². The first-order chi connectivity index (χ1) is 14.8. The summed E-state index contributed by atoms with van der Waals surface area (Å²) in [5, 5.41) is 8.75. The van der Waals surface area contributed by atoms with Crippen LogP contribution >= 0.6 is 0 Å². The minimum atomic E-state index is 0.972. The highest BCUT2D eigenvalue weighted by molar-refractivity contribution is 5.82. The van der Waals surface area contributed by atoms with E-state index in [1.165, 1.54) is 43.7 Å². The number of anilines is 2. The average molecular weight is 401 g/mol. The van der Waals surface area contributed by atoms with E-state index in [1.54, 1.807) is 6.08 Å². The molecule has 4 heteroatoms. The summed E-state index contributed by atoms with van der Waals surface area (Å²) in [5.74, 6) is 0. The topological polar surface area (TPSA) is 33.1 Å². The summed E-state index contributed by atoms with van der Waals surface area (Å²) in [4.78, 5) is 2.48. The molecule has 0 amide bonds. The van der Waals surface area contributed by atoms with Gasteiger partial charge >= 0.3 is 0 Å². The van der Waals surface area contributed by atoms with Gasteiger partial charge in [0.15, 0.2) is 0 Å². The van der Waals surface area contributed by atoms with Crippen molar-refractivity contribution in [2.24, 2.45) is 0 Å². The predicted molar refractivity (Wildman–Crippen MR) is 131 cm³/mol. The van der Waals surface area contributed by atoms with Crippen LogP contribution in [0, 0.1) is 0 Å². The van der Waals surface area contributed by atoms with Gasteiger partial charge in [-0.2, -0.15) is 5.10 Å². The Morgan fingerprint density at radius 3 is 2.50 bits per heavy atom. The third-order valence-electron chi connectivity index (χ3n) is 5.26. The fraction of sp³-hybridized carbons (Fsp3) is 0.269. The zero-order valence-electron chi connectivity index (χ0n) is 18.1. The molecule has 1 aliphatic rings. The normalized spacial score (nSPS) is 14.5. The first-order valence-electron chi connectivity index (χ1n) is 10.7. The van der Waals surface area contributed by atoms with Crippen molar-refractivity contribution >= 4 is 28.0 Å². The first-order valence-corrected chi connectivity index (χ1v) is 10.7. The highest BCUT2D eigenvalue weighted by Gasteiger charge is 2.12. The fourth-order valence-corrected chi connectivity index (χ4v) is 3.69. The van der Waals surface area contributed by atoms with Gasteiger partial charge in [0.25, 0.3) is 0 Å². The number of piperidine rings is 1. The van der Waals surface area contributed by atoms with Gasteiger partial charge in [-0.25, -0.2) is 4.68 Å². The van der Waals surface area contributed by atoms with Crippen LogP contribution in [0.25, 0.3) is 16.6 Å². The summed E-state index contributed by atoms with van der Waals surface area (Å²) in [5.41, 5.74) is 4.67. The van der Waals surface area contributed by atoms with Gasteiger partial charge in [0.1, 0.15) is 0 Å². The molecule has 0 atom stereocenters. The molecule has 2 aromatic carbocycles. The maximum absolute atomic E-state index is 4.36. The number of hydrogen-bond acceptors (Lipinski definition) is 3. The Bertz CT molecular complexity index is 1010. The Balaban J connectivity index is 0.000000172. The smallest absolute Gasteiger partial charge is 0.0741 e. The Morgan fingerprint density at radius 1 is 1.03 bits per heavy atom. The van der Waals surface area contributed by atoms with E-state index in [0.29, 0.717) is 0 Å². The Morgan fingerprint density at radius 2 is 1.77 bits per heavy atom. The lowest BCUT2D eigenvalue weighted by Gasteiger charge is -2.30. The molecule has 3 aromatic rings. The van der Waals surface area contributed by atoms with E-state index in [0.717, 1.165) is 16.6 Å². The highest BCUT2D eigenvalue weighted by atomic mass is 15.3. The molecule has 0 unspecified atom stereocenters. The second-order valence-corrected chi connectivity index (χ2v) is 7.25. The van der Waals surface area contributed by atoms with Crippen LogP contribution in [0.15, 0.2) is 85.6 Å². The Kier molecular flexibility index (Phi) is 7.90. The molecule has 0 saturated carbocycles. The van der Waals surface area contributed by atoms with E-state index in [2.05, 4.69) is 58.3 Å². The van der Waals surface area contributed by atoms with Crippen LogP contribution < -0.4 is 10.2 Å². The summed E-state index contributed by atoms with van der Waals surface area (Å²) in [6, 6.07) is 16.7. The molecule has 1 N–H and O–H groups in total. The average Bonchev–Trinajstić information content (AvgIpc) is 3.25. The number of aromatic nitrogens is 2. The standard InChI is InChI=1S/C14H14N2.C12H18N2/c1-3-5-9-13(4-2)16-14-10-7-6-8-12(14)11-15-16;1-13-11-7-3-4-8-12(11)14-9-5-2-6-10-14/h3-11H,2H2,1H3;3-4,7-8,13H,2,5-6,9-10H2,1H3/b5-3-,13-9-;. The second kappa shape index (κ2) is 11.1. The van der Waals surface area contributed by atoms with E-state index in [4.69, 9.17) is 0 Å². The molecule has 4 nitrogen and oxygen atoms in total. The number of nitrogens with zero attached hydrogens (tertiary/aromatic N) is 3. The molecule has 0 bridgehead atoms. The molecule has 0 radical (unpaired) electrons. The highest BCUT2D eigenvalue weighted by Crippen LogP contribution is 2.27. The van der Waals surface area contributed by atoms with Crippen molar-refractivity contribution < 1.29 is 0 Å². The van der Waals surface area contributed by atoms with Crippen molar-refractivity contribution in [3.8, 4) is 0 Å². The SMILES string of the molecule is C=C/C(=C/C=C\C)n1ncc2ccccc21.CNc1ccccc1N1CCCCC1. The quantitative estimate of drug-likeness (QED) is 0.506. The summed E-state index contributed by atoms with van der Waals surface area (Å²) in [6.07, 6.45) is 13.7. The lowest BCUT2D eigenvalue weighted by molar-refractivity contribution is 0.578. The third-order valence-corrected chi connectivity index (χ3v) is 5.26. The monoisotopic (exact) mass is 400 g/mol. The van der Waals surface area contributed by atoms with Crippen molar-refractivity contribution in [1.29, 1.82) is 0 Å². The predicted octanol–water partition coefficient (Wildman–Crippen LogP) is 6.36. The number of nitrogens with one attached hydrogen (secondary N) is 1. The maximum atomic E-state index is 4.36. The van der Waals surface area contributed by atoms with Gasteiger partial charge < -0.3 is 10.2 Å². The van der Waals surface area contributed by atoms with Gasteiger partial charge in [0.2, 0.25) is 0 Å². The minimum Gasteiger partial charge on any atom is -0.386 e. The maximum Gasteiger partial charge on any atom is 0.0741 e. The van der Waals surface area contributed by atoms with E-state index in [9.17, 15) is 0 Å². The summed E-state index contributed by atoms with van der Waals surface area (Å²) in [7, 11) is 1.99. The molecular formula is C26H32N4. The van der Waals surface area contributed by atoms with Gasteiger partial charge in [-0.1, -0.05) is 49.1 Å². The second-order valence-electron chi connectivity index (χ2n) is 7.25. The van der Waals surface area contributed by atoms with Gasteiger partial charge in [-0.05, 0) is 56.5 Å². The largest absolute Gasteiger partial charge is 0.386 e. The molecule has 1 aromatic heterocycles. The van der Waals surface area contributed by atoms with E-state index in [1.807, 2.05) is 55.2 Å². The zero-order chi connectivity index (χ0) is 21.2. The number of para-hydroxylation sites is 3. The molecule has 156 valence electrons. The molecule has 1 saturated heterocycles. The lowest BCUT2D eigenvalue weighted by Crippen LogP contribution is -2.29. The summed E-state index contributed by atoms with van der Waals surface area (Å²) >= 11 is 0. The molecule has 1 aliphatic heterocycles. The van der Waals surface area contributed by atoms with Crippen molar-refractivity contribution in [2.75, 3.05) is 30.4 Å². The van der Waals surface area contributed by atoms with E-state index in [-0.39, 0.29) is 0 Å². The van der Waals surface area contributed by atoms with Crippen LogP contribution in [0.5, 0.6) is 0 Å². The van der Waals surface area contributed by atoms with Crippen LogP contribution in [0.3, 0.4) is 0 Å². The lowest BCUT2D eigenvalue weighted by atomic mass is 10.1. The van der Waals surface area contributed by atoms with Crippen molar-refractivity contribution in [3.05, 3.63) is 85.6 Å². The fourth-order valence-electron chi connectivity index (χ4n) is 3.69. The molecule has 2 heterocycles. The van der Waals surface area contributed by atoms with E-state index >= 15 is 0 Å². The number of rotatable bonds is 5. The van der Waals surface area contributed by atoms with Crippen LogP contribution in [-0.2, 0) is 0 Å². The van der Waals surface area contributed by atoms with Crippen LogP contribution in [0.4, 0.5) is 11.4 Å². The zero-order valence-corrected chi connectivity index (χ0v) is 18.1. The first kappa shape index (κ1) is 21.4. The summed E-state index contributed by atoms with van der Waals surface area (Å²) < 4.78 is 1.89. The number of benzene rings is 2. The van der Waals surface area contributed by atoms with E-state index < -0.39 is 0 Å². The van der Waals surface area contributed by atoms with Crippen molar-refractivity contribution in [3.63, 3.8) is 0 Å². The molecule has 0 aliphatic carbocycles. The Labute approximate surface area is 180 Å². The molecular weight excluding hydrogens is 368 g/mol. The minimum absolute atomic E-state index is 0.972. The third kappa shape index (κ3) is 5.20. The number of fused-ring (bicyclic) bond motifs is 1. The van der Waals surface area contributed by atoms with Crippen LogP contribution in [0.2, 0.25) is 0 Å². The van der Waals surface area contributed by atoms with Gasteiger partial charge in [-0.3, -0.25) is 0 Å². The van der Waals surface area contributed by atoms with Crippen LogP contribution in [-0.4, -0.2) is 29.9 Å². The molecule has 0 spiro atoms.